The van der Waals surface area contributed by atoms with Crippen LogP contribution in [0.5, 0.6) is 5.75 Å². The van der Waals surface area contributed by atoms with Crippen LogP contribution in [0.1, 0.15) is 27.2 Å². The Morgan fingerprint density at radius 3 is 2.45 bits per heavy atom. The molecule has 6 nitrogen and oxygen atoms in total. The largest absolute Gasteiger partial charge is 0.507 e. The highest BCUT2D eigenvalue weighted by Crippen LogP contribution is 2.26. The summed E-state index contributed by atoms with van der Waals surface area (Å²) in [5.41, 5.74) is 8.10. The van der Waals surface area contributed by atoms with Crippen molar-refractivity contribution in [1.82, 2.24) is 15.2 Å². The lowest BCUT2D eigenvalue weighted by Gasteiger charge is -2.10. The molecule has 0 spiro atoms. The van der Waals surface area contributed by atoms with Crippen LogP contribution < -0.4 is 5.43 Å². The summed E-state index contributed by atoms with van der Waals surface area (Å²) in [5, 5.41) is 18.3. The molecule has 0 aliphatic heterocycles. The zero-order valence-electron chi connectivity index (χ0n) is 17.3. The second-order valence-corrected chi connectivity index (χ2v) is 7.24. The van der Waals surface area contributed by atoms with Gasteiger partial charge in [-0.2, -0.15) is 10.2 Å². The van der Waals surface area contributed by atoms with Crippen LogP contribution >= 0.6 is 0 Å². The molecule has 154 valence electrons. The lowest BCUT2D eigenvalue weighted by Crippen LogP contribution is -2.18. The summed E-state index contributed by atoms with van der Waals surface area (Å²) < 4.78 is 1.78. The number of aryl methyl sites for hydroxylation is 2. The molecule has 31 heavy (non-hydrogen) atoms. The zero-order chi connectivity index (χ0) is 21.8. The molecule has 0 radical (unpaired) electrons. The van der Waals surface area contributed by atoms with Gasteiger partial charge >= 0.3 is 0 Å². The maximum Gasteiger partial charge on any atom is 0.291 e. The Kier molecular flexibility index (Phi) is 5.62. The van der Waals surface area contributed by atoms with Crippen molar-refractivity contribution in [3.8, 4) is 22.7 Å². The minimum atomic E-state index is -0.438. The monoisotopic (exact) mass is 410 g/mol. The fraction of sp³-hybridized carbons (Fsp3) is 0.0800. The van der Waals surface area contributed by atoms with Crippen LogP contribution in [-0.2, 0) is 0 Å². The third kappa shape index (κ3) is 4.38. The molecule has 0 aliphatic carbocycles. The number of nitrogens with one attached hydrogen (secondary N) is 1. The van der Waals surface area contributed by atoms with E-state index in [-0.39, 0.29) is 11.4 Å². The van der Waals surface area contributed by atoms with Crippen LogP contribution in [0.15, 0.2) is 84.0 Å². The number of amides is 1. The van der Waals surface area contributed by atoms with E-state index in [1.54, 1.807) is 35.0 Å². The van der Waals surface area contributed by atoms with E-state index in [9.17, 15) is 9.90 Å². The fourth-order valence-corrected chi connectivity index (χ4v) is 3.22. The first-order valence-electron chi connectivity index (χ1n) is 9.87. The average Bonchev–Trinajstić information content (AvgIpc) is 3.21. The molecule has 0 saturated carbocycles. The van der Waals surface area contributed by atoms with Crippen molar-refractivity contribution < 1.29 is 9.90 Å². The number of hydrogen-bond donors (Lipinski definition) is 2. The van der Waals surface area contributed by atoms with Gasteiger partial charge in [0.25, 0.3) is 5.91 Å². The van der Waals surface area contributed by atoms with Crippen molar-refractivity contribution in [1.29, 1.82) is 0 Å². The summed E-state index contributed by atoms with van der Waals surface area (Å²) in [6, 6.07) is 24.5. The quantitative estimate of drug-likeness (QED) is 0.372. The first kappa shape index (κ1) is 20.1. The van der Waals surface area contributed by atoms with E-state index in [4.69, 9.17) is 0 Å². The van der Waals surface area contributed by atoms with Gasteiger partial charge in [0, 0.05) is 11.1 Å². The first-order valence-corrected chi connectivity index (χ1v) is 9.87. The van der Waals surface area contributed by atoms with Gasteiger partial charge in [0.1, 0.15) is 5.75 Å². The molecule has 2 N–H and O–H groups in total. The van der Waals surface area contributed by atoms with E-state index in [1.807, 2.05) is 62.4 Å². The van der Waals surface area contributed by atoms with Gasteiger partial charge < -0.3 is 5.11 Å². The topological polar surface area (TPSA) is 79.5 Å². The van der Waals surface area contributed by atoms with E-state index >= 15 is 0 Å². The van der Waals surface area contributed by atoms with E-state index < -0.39 is 5.91 Å². The maximum absolute atomic E-state index is 12.7. The molecule has 0 unspecified atom stereocenters. The minimum absolute atomic E-state index is 0.0889. The number of hydrazone groups is 1. The summed E-state index contributed by atoms with van der Waals surface area (Å²) in [4.78, 5) is 12.7. The number of para-hydroxylation sites is 2. The van der Waals surface area contributed by atoms with Crippen molar-refractivity contribution in [3.05, 3.63) is 101 Å². The molecule has 0 aliphatic rings. The van der Waals surface area contributed by atoms with Gasteiger partial charge in [-0.05, 0) is 43.7 Å². The third-order valence-electron chi connectivity index (χ3n) is 4.94. The molecule has 6 heteroatoms. The molecular weight excluding hydrogens is 388 g/mol. The number of phenolic OH excluding ortho intramolecular Hbond substituents is 1. The molecule has 1 heterocycles. The summed E-state index contributed by atoms with van der Waals surface area (Å²) >= 11 is 0. The number of phenols is 1. The van der Waals surface area contributed by atoms with Crippen LogP contribution in [0, 0.1) is 13.8 Å². The molecule has 0 bridgehead atoms. The minimum Gasteiger partial charge on any atom is -0.507 e. The maximum atomic E-state index is 12.7. The van der Waals surface area contributed by atoms with Crippen LogP contribution in [0.3, 0.4) is 0 Å². The van der Waals surface area contributed by atoms with Gasteiger partial charge in [0.2, 0.25) is 0 Å². The second kappa shape index (κ2) is 8.67. The molecule has 4 aromatic rings. The number of rotatable bonds is 5. The molecule has 1 amide bonds. The van der Waals surface area contributed by atoms with Gasteiger partial charge in [-0.1, -0.05) is 60.2 Å². The van der Waals surface area contributed by atoms with Crippen LogP contribution in [0.2, 0.25) is 0 Å². The van der Waals surface area contributed by atoms with E-state index in [0.717, 1.165) is 28.1 Å². The number of carbonyl (C=O) groups excluding carboxylic acids is 1. The molecular formula is C25H22N4O2. The van der Waals surface area contributed by atoms with Crippen LogP contribution in [-0.4, -0.2) is 27.0 Å². The van der Waals surface area contributed by atoms with Crippen molar-refractivity contribution in [2.75, 3.05) is 0 Å². The number of carbonyl (C=O) groups is 1. The average molecular weight is 410 g/mol. The fourth-order valence-electron chi connectivity index (χ4n) is 3.22. The highest BCUT2D eigenvalue weighted by atomic mass is 16.3. The number of aromatic nitrogens is 2. The molecule has 0 saturated heterocycles. The zero-order valence-corrected chi connectivity index (χ0v) is 17.3. The Hall–Kier alpha value is -4.19. The molecule has 4 rings (SSSR count). The van der Waals surface area contributed by atoms with Crippen molar-refractivity contribution >= 4 is 12.1 Å². The van der Waals surface area contributed by atoms with Gasteiger partial charge in [0.05, 0.1) is 17.6 Å². The summed E-state index contributed by atoms with van der Waals surface area (Å²) in [5.74, 6) is -0.349. The van der Waals surface area contributed by atoms with E-state index in [2.05, 4.69) is 15.6 Å². The molecule has 0 fully saturated rings. The van der Waals surface area contributed by atoms with Gasteiger partial charge in [-0.3, -0.25) is 4.79 Å². The first-order chi connectivity index (χ1) is 15.0. The second-order valence-electron chi connectivity index (χ2n) is 7.24. The van der Waals surface area contributed by atoms with Gasteiger partial charge in [-0.15, -0.1) is 0 Å². The standard InChI is InChI=1S/C25H22N4O2/c1-17-11-13-19(14-12-17)23-15-21(28-29(23)22-9-5-3-7-18(22)2)25(31)27-26-16-20-8-4-6-10-24(20)30/h3-16,30H,1-2H3,(H,27,31)/b26-16-. The SMILES string of the molecule is Cc1ccc(-c2cc(C(=O)N/N=C\c3ccccc3O)nn2-c2ccccc2C)cc1. The van der Waals surface area contributed by atoms with Crippen molar-refractivity contribution in [3.63, 3.8) is 0 Å². The third-order valence-corrected chi connectivity index (χ3v) is 4.94. The highest BCUT2D eigenvalue weighted by molar-refractivity contribution is 5.94. The Labute approximate surface area is 180 Å². The predicted molar refractivity (Wildman–Crippen MR) is 122 cm³/mol. The van der Waals surface area contributed by atoms with Gasteiger partial charge in [0.15, 0.2) is 5.69 Å². The summed E-state index contributed by atoms with van der Waals surface area (Å²) in [7, 11) is 0. The Morgan fingerprint density at radius 1 is 1.00 bits per heavy atom. The van der Waals surface area contributed by atoms with Crippen molar-refractivity contribution in [2.24, 2.45) is 5.10 Å². The summed E-state index contributed by atoms with van der Waals surface area (Å²) in [6.07, 6.45) is 1.40. The highest BCUT2D eigenvalue weighted by Gasteiger charge is 2.17. The van der Waals surface area contributed by atoms with Crippen molar-refractivity contribution in [2.45, 2.75) is 13.8 Å². The summed E-state index contributed by atoms with van der Waals surface area (Å²) in [6.45, 7) is 4.04. The van der Waals surface area contributed by atoms with Crippen LogP contribution in [0.4, 0.5) is 0 Å². The number of nitrogens with zero attached hydrogens (tertiary/aromatic N) is 3. The lowest BCUT2D eigenvalue weighted by atomic mass is 10.1. The molecule has 1 aromatic heterocycles. The normalized spacial score (nSPS) is 11.0. The molecule has 0 atom stereocenters. The van der Waals surface area contributed by atoms with E-state index in [0.29, 0.717) is 5.56 Å². The predicted octanol–water partition coefficient (Wildman–Crippen LogP) is 4.63. The number of benzene rings is 3. The Morgan fingerprint density at radius 2 is 1.71 bits per heavy atom. The Bertz CT molecular complexity index is 1260. The van der Waals surface area contributed by atoms with Gasteiger partial charge in [-0.25, -0.2) is 10.1 Å². The van der Waals surface area contributed by atoms with Crippen LogP contribution in [0.25, 0.3) is 16.9 Å². The number of hydrogen-bond acceptors (Lipinski definition) is 4. The lowest BCUT2D eigenvalue weighted by molar-refractivity contribution is 0.0949. The Balaban J connectivity index is 1.68. The van der Waals surface area contributed by atoms with E-state index in [1.165, 1.54) is 6.21 Å². The smallest absolute Gasteiger partial charge is 0.291 e. The number of aromatic hydroxyl groups is 1. The molecule has 3 aromatic carbocycles.